The fourth-order valence-corrected chi connectivity index (χ4v) is 2.74. The standard InChI is InChI=1S/C18H10ClF3O4/c1-9(23)25-10-6-7-12-14(8-10)26-17(18(20,21)22)15(16(12)24)11-4-2-3-5-13(11)19/h2-8H,1H3. The molecule has 0 aliphatic heterocycles. The Balaban J connectivity index is 2.37. The van der Waals surface area contributed by atoms with Crippen molar-refractivity contribution in [2.75, 3.05) is 0 Å². The van der Waals surface area contributed by atoms with E-state index in [1.807, 2.05) is 0 Å². The van der Waals surface area contributed by atoms with Crippen molar-refractivity contribution in [3.8, 4) is 16.9 Å². The van der Waals surface area contributed by atoms with E-state index in [0.717, 1.165) is 13.0 Å². The Hall–Kier alpha value is -2.80. The van der Waals surface area contributed by atoms with Gasteiger partial charge in [-0.3, -0.25) is 9.59 Å². The molecule has 0 unspecified atom stereocenters. The molecule has 3 aromatic rings. The van der Waals surface area contributed by atoms with Crippen LogP contribution in [0.4, 0.5) is 13.2 Å². The molecule has 4 nitrogen and oxygen atoms in total. The third-order valence-electron chi connectivity index (χ3n) is 3.53. The zero-order valence-electron chi connectivity index (χ0n) is 13.2. The molecule has 0 aliphatic carbocycles. The molecule has 134 valence electrons. The number of esters is 1. The van der Waals surface area contributed by atoms with Crippen molar-refractivity contribution >= 4 is 28.5 Å². The molecule has 3 rings (SSSR count). The summed E-state index contributed by atoms with van der Waals surface area (Å²) < 4.78 is 50.4. The van der Waals surface area contributed by atoms with Crippen molar-refractivity contribution in [3.05, 3.63) is 63.5 Å². The maximum Gasteiger partial charge on any atom is 0.450 e. The summed E-state index contributed by atoms with van der Waals surface area (Å²) in [6.07, 6.45) is -4.93. The number of fused-ring (bicyclic) bond motifs is 1. The highest BCUT2D eigenvalue weighted by Crippen LogP contribution is 2.39. The molecule has 1 heterocycles. The smallest absolute Gasteiger partial charge is 0.450 e. The topological polar surface area (TPSA) is 56.5 Å². The number of carbonyl (C=O) groups excluding carboxylic acids is 1. The number of alkyl halides is 3. The summed E-state index contributed by atoms with van der Waals surface area (Å²) in [4.78, 5) is 23.8. The highest BCUT2D eigenvalue weighted by atomic mass is 35.5. The molecule has 0 saturated carbocycles. The predicted octanol–water partition coefficient (Wildman–Crippen LogP) is 5.06. The summed E-state index contributed by atoms with van der Waals surface area (Å²) in [6.45, 7) is 1.14. The Morgan fingerprint density at radius 3 is 2.46 bits per heavy atom. The fourth-order valence-electron chi connectivity index (χ4n) is 2.51. The lowest BCUT2D eigenvalue weighted by Gasteiger charge is -2.14. The Kier molecular flexibility index (Phi) is 4.50. The lowest BCUT2D eigenvalue weighted by molar-refractivity contribution is -0.152. The average molecular weight is 383 g/mol. The molecular weight excluding hydrogens is 373 g/mol. The average Bonchev–Trinajstić information content (AvgIpc) is 2.54. The summed E-state index contributed by atoms with van der Waals surface area (Å²) in [5.41, 5.74) is -1.99. The molecule has 0 aliphatic rings. The van der Waals surface area contributed by atoms with Crippen LogP contribution in [0.1, 0.15) is 12.7 Å². The van der Waals surface area contributed by atoms with Crippen molar-refractivity contribution in [2.45, 2.75) is 13.1 Å². The highest BCUT2D eigenvalue weighted by Gasteiger charge is 2.39. The lowest BCUT2D eigenvalue weighted by atomic mass is 10.0. The quantitative estimate of drug-likeness (QED) is 0.459. The zero-order valence-corrected chi connectivity index (χ0v) is 13.9. The first-order valence-corrected chi connectivity index (χ1v) is 7.67. The SMILES string of the molecule is CC(=O)Oc1ccc2c(=O)c(-c3ccccc3Cl)c(C(F)(F)F)oc2c1. The van der Waals surface area contributed by atoms with Gasteiger partial charge in [0.2, 0.25) is 11.2 Å². The molecule has 0 fully saturated rings. The van der Waals surface area contributed by atoms with Crippen LogP contribution in [0.3, 0.4) is 0 Å². The monoisotopic (exact) mass is 382 g/mol. The predicted molar refractivity (Wildman–Crippen MR) is 89.2 cm³/mol. The summed E-state index contributed by atoms with van der Waals surface area (Å²) in [6, 6.07) is 9.28. The lowest BCUT2D eigenvalue weighted by Crippen LogP contribution is -2.16. The van der Waals surface area contributed by atoms with Crippen LogP contribution in [0.2, 0.25) is 5.02 Å². The molecule has 0 amide bonds. The Morgan fingerprint density at radius 2 is 1.85 bits per heavy atom. The first-order chi connectivity index (χ1) is 12.2. The van der Waals surface area contributed by atoms with E-state index in [9.17, 15) is 22.8 Å². The molecule has 0 radical (unpaired) electrons. The highest BCUT2D eigenvalue weighted by molar-refractivity contribution is 6.33. The van der Waals surface area contributed by atoms with Crippen molar-refractivity contribution < 1.29 is 27.1 Å². The van der Waals surface area contributed by atoms with Gasteiger partial charge in [0, 0.05) is 23.6 Å². The van der Waals surface area contributed by atoms with Crippen LogP contribution in [0.5, 0.6) is 5.75 Å². The summed E-state index contributed by atoms with van der Waals surface area (Å²) >= 11 is 5.98. The van der Waals surface area contributed by atoms with Crippen LogP contribution in [0, 0.1) is 0 Å². The van der Waals surface area contributed by atoms with Crippen LogP contribution in [-0.2, 0) is 11.0 Å². The van der Waals surface area contributed by atoms with Gasteiger partial charge in [0.25, 0.3) is 0 Å². The second-order valence-corrected chi connectivity index (χ2v) is 5.77. The molecule has 0 N–H and O–H groups in total. The minimum atomic E-state index is -4.93. The number of carbonyl (C=O) groups is 1. The molecule has 1 aromatic heterocycles. The van der Waals surface area contributed by atoms with Gasteiger partial charge in [-0.1, -0.05) is 29.8 Å². The van der Waals surface area contributed by atoms with Gasteiger partial charge in [0.1, 0.15) is 11.3 Å². The summed E-state index contributed by atoms with van der Waals surface area (Å²) in [7, 11) is 0. The van der Waals surface area contributed by atoms with Gasteiger partial charge in [-0.05, 0) is 18.2 Å². The third-order valence-corrected chi connectivity index (χ3v) is 3.86. The van der Waals surface area contributed by atoms with Gasteiger partial charge in [0.15, 0.2) is 0 Å². The van der Waals surface area contributed by atoms with Crippen molar-refractivity contribution in [1.29, 1.82) is 0 Å². The van der Waals surface area contributed by atoms with E-state index < -0.39 is 28.9 Å². The van der Waals surface area contributed by atoms with E-state index in [1.54, 1.807) is 0 Å². The molecule has 26 heavy (non-hydrogen) atoms. The normalized spacial score (nSPS) is 11.6. The fraction of sp³-hybridized carbons (Fsp3) is 0.111. The van der Waals surface area contributed by atoms with Crippen LogP contribution >= 0.6 is 11.6 Å². The van der Waals surface area contributed by atoms with Gasteiger partial charge in [0.05, 0.1) is 10.9 Å². The minimum Gasteiger partial charge on any atom is -0.450 e. The molecule has 0 spiro atoms. The number of ether oxygens (including phenoxy) is 1. The number of halogens is 4. The first-order valence-electron chi connectivity index (χ1n) is 7.30. The summed E-state index contributed by atoms with van der Waals surface area (Å²) in [5.74, 6) is -2.16. The maximum atomic E-state index is 13.5. The molecular formula is C18H10ClF3O4. The van der Waals surface area contributed by atoms with Gasteiger partial charge in [-0.2, -0.15) is 13.2 Å². The van der Waals surface area contributed by atoms with Crippen LogP contribution < -0.4 is 10.2 Å². The number of rotatable bonds is 2. The van der Waals surface area contributed by atoms with Gasteiger partial charge in [-0.25, -0.2) is 0 Å². The number of hydrogen-bond donors (Lipinski definition) is 0. The Morgan fingerprint density at radius 1 is 1.15 bits per heavy atom. The first kappa shape index (κ1) is 18.0. The number of hydrogen-bond acceptors (Lipinski definition) is 4. The minimum absolute atomic E-state index is 0.0128. The second kappa shape index (κ2) is 6.49. The van der Waals surface area contributed by atoms with Gasteiger partial charge >= 0.3 is 12.1 Å². The molecule has 0 atom stereocenters. The van der Waals surface area contributed by atoms with E-state index in [0.29, 0.717) is 0 Å². The second-order valence-electron chi connectivity index (χ2n) is 5.36. The maximum absolute atomic E-state index is 13.5. The Labute approximate surface area is 149 Å². The number of benzene rings is 2. The van der Waals surface area contributed by atoms with Gasteiger partial charge in [-0.15, -0.1) is 0 Å². The van der Waals surface area contributed by atoms with E-state index in [-0.39, 0.29) is 27.3 Å². The molecule has 0 bridgehead atoms. The Bertz CT molecular complexity index is 1070. The van der Waals surface area contributed by atoms with Gasteiger partial charge < -0.3 is 9.15 Å². The van der Waals surface area contributed by atoms with Crippen LogP contribution in [0.15, 0.2) is 51.7 Å². The molecule has 8 heteroatoms. The largest absolute Gasteiger partial charge is 0.450 e. The van der Waals surface area contributed by atoms with Crippen molar-refractivity contribution in [1.82, 2.24) is 0 Å². The zero-order chi connectivity index (χ0) is 19.1. The molecule has 0 saturated heterocycles. The van der Waals surface area contributed by atoms with Crippen LogP contribution in [0.25, 0.3) is 22.1 Å². The van der Waals surface area contributed by atoms with E-state index in [2.05, 4.69) is 0 Å². The van der Waals surface area contributed by atoms with Crippen LogP contribution in [-0.4, -0.2) is 5.97 Å². The van der Waals surface area contributed by atoms with Crippen molar-refractivity contribution in [3.63, 3.8) is 0 Å². The van der Waals surface area contributed by atoms with Crippen molar-refractivity contribution in [2.24, 2.45) is 0 Å². The van der Waals surface area contributed by atoms with E-state index >= 15 is 0 Å². The van der Waals surface area contributed by atoms with E-state index in [1.165, 1.54) is 36.4 Å². The molecule has 2 aromatic carbocycles. The van der Waals surface area contributed by atoms with E-state index in [4.69, 9.17) is 20.8 Å². The third kappa shape index (κ3) is 3.30. The summed E-state index contributed by atoms with van der Waals surface area (Å²) in [5, 5.41) is -0.106.